The van der Waals surface area contributed by atoms with Gasteiger partial charge < -0.3 is 10.1 Å². The van der Waals surface area contributed by atoms with Crippen molar-refractivity contribution in [2.45, 2.75) is 6.92 Å². The number of hydrogen-bond donors (Lipinski definition) is 1. The molecule has 0 unspecified atom stereocenters. The van der Waals surface area contributed by atoms with E-state index in [0.717, 1.165) is 11.7 Å². The first-order valence-electron chi connectivity index (χ1n) is 5.02. The number of amides is 1. The van der Waals surface area contributed by atoms with Crippen LogP contribution in [0.25, 0.3) is 11.0 Å². The number of fused-ring (bicyclic) bond motifs is 1. The van der Waals surface area contributed by atoms with E-state index in [0.29, 0.717) is 11.0 Å². The second-order valence-corrected chi connectivity index (χ2v) is 4.16. The van der Waals surface area contributed by atoms with E-state index < -0.39 is 11.9 Å². The van der Waals surface area contributed by atoms with Crippen LogP contribution in [-0.2, 0) is 14.3 Å². The van der Waals surface area contributed by atoms with E-state index in [1.165, 1.54) is 0 Å². The van der Waals surface area contributed by atoms with E-state index in [1.54, 1.807) is 19.1 Å². The average Bonchev–Trinajstić information content (AvgIpc) is 2.81. The van der Waals surface area contributed by atoms with Crippen LogP contribution in [0.2, 0.25) is 5.02 Å². The lowest BCUT2D eigenvalue weighted by atomic mass is 10.2. The van der Waals surface area contributed by atoms with Crippen molar-refractivity contribution >= 4 is 51.9 Å². The Morgan fingerprint density at radius 2 is 2.22 bits per heavy atom. The maximum absolute atomic E-state index is 11.5. The van der Waals surface area contributed by atoms with Gasteiger partial charge in [-0.2, -0.15) is 8.75 Å². The third kappa shape index (κ3) is 2.41. The van der Waals surface area contributed by atoms with Crippen molar-refractivity contribution in [1.82, 2.24) is 8.75 Å². The van der Waals surface area contributed by atoms with Gasteiger partial charge in [-0.25, -0.2) is 4.79 Å². The number of rotatable bonds is 2. The Labute approximate surface area is 111 Å². The van der Waals surface area contributed by atoms with Gasteiger partial charge in [0.15, 0.2) is 0 Å². The molecule has 1 aromatic carbocycles. The van der Waals surface area contributed by atoms with Crippen LogP contribution in [0, 0.1) is 0 Å². The summed E-state index contributed by atoms with van der Waals surface area (Å²) in [5.74, 6) is -1.85. The molecule has 1 amide bonds. The Hall–Kier alpha value is -1.73. The molecule has 0 atom stereocenters. The number of ether oxygens (including phenoxy) is 1. The number of halogens is 1. The van der Waals surface area contributed by atoms with Crippen molar-refractivity contribution in [3.05, 3.63) is 17.2 Å². The van der Waals surface area contributed by atoms with Crippen LogP contribution in [-0.4, -0.2) is 27.2 Å². The van der Waals surface area contributed by atoms with E-state index in [1.807, 2.05) is 0 Å². The van der Waals surface area contributed by atoms with Crippen LogP contribution in [0.3, 0.4) is 0 Å². The van der Waals surface area contributed by atoms with E-state index in [9.17, 15) is 9.59 Å². The fraction of sp³-hybridized carbons (Fsp3) is 0.200. The highest BCUT2D eigenvalue weighted by Gasteiger charge is 2.19. The lowest BCUT2D eigenvalue weighted by molar-refractivity contribution is -0.152. The molecule has 6 nitrogen and oxygen atoms in total. The molecule has 2 rings (SSSR count). The molecule has 0 radical (unpaired) electrons. The number of benzene rings is 1. The molecule has 0 spiro atoms. The molecular formula is C10H8ClN3O3S. The zero-order chi connectivity index (χ0) is 13.1. The highest BCUT2D eigenvalue weighted by atomic mass is 35.5. The van der Waals surface area contributed by atoms with Gasteiger partial charge in [0.1, 0.15) is 11.0 Å². The standard InChI is InChI=1S/C10H8ClN3O3S/c1-2-17-10(16)9(15)12-7-5(11)3-4-6-8(7)14-18-13-6/h3-4H,2H2,1H3,(H,12,15). The number of hydrogen-bond acceptors (Lipinski definition) is 6. The van der Waals surface area contributed by atoms with Gasteiger partial charge in [0.2, 0.25) is 0 Å². The van der Waals surface area contributed by atoms with Gasteiger partial charge in [0.05, 0.1) is 29.0 Å². The molecule has 1 N–H and O–H groups in total. The normalized spacial score (nSPS) is 10.3. The summed E-state index contributed by atoms with van der Waals surface area (Å²) in [6.45, 7) is 1.74. The van der Waals surface area contributed by atoms with Crippen molar-refractivity contribution < 1.29 is 14.3 Å². The summed E-state index contributed by atoms with van der Waals surface area (Å²) >= 11 is 6.95. The van der Waals surface area contributed by atoms with Crippen LogP contribution in [0.5, 0.6) is 0 Å². The summed E-state index contributed by atoms with van der Waals surface area (Å²) < 4.78 is 12.6. The highest BCUT2D eigenvalue weighted by Crippen LogP contribution is 2.29. The fourth-order valence-corrected chi connectivity index (χ4v) is 2.05. The van der Waals surface area contributed by atoms with Crippen LogP contribution in [0.1, 0.15) is 6.92 Å². The number of esters is 1. The van der Waals surface area contributed by atoms with Gasteiger partial charge in [0, 0.05) is 0 Å². The lowest BCUT2D eigenvalue weighted by Crippen LogP contribution is -2.25. The molecule has 0 aliphatic carbocycles. The number of anilines is 1. The molecule has 0 saturated carbocycles. The zero-order valence-corrected chi connectivity index (χ0v) is 10.8. The molecule has 94 valence electrons. The molecule has 18 heavy (non-hydrogen) atoms. The minimum Gasteiger partial charge on any atom is -0.459 e. The van der Waals surface area contributed by atoms with Crippen molar-refractivity contribution in [3.63, 3.8) is 0 Å². The molecule has 1 heterocycles. The Morgan fingerprint density at radius 3 is 2.94 bits per heavy atom. The Bertz CT molecular complexity index is 613. The maximum Gasteiger partial charge on any atom is 0.397 e. The number of carbonyl (C=O) groups excluding carboxylic acids is 2. The van der Waals surface area contributed by atoms with Gasteiger partial charge >= 0.3 is 11.9 Å². The summed E-state index contributed by atoms with van der Waals surface area (Å²) in [4.78, 5) is 22.8. The molecule has 0 fully saturated rings. The minimum absolute atomic E-state index is 0.127. The predicted molar refractivity (Wildman–Crippen MR) is 67.7 cm³/mol. The zero-order valence-electron chi connectivity index (χ0n) is 9.27. The van der Waals surface area contributed by atoms with Gasteiger partial charge in [-0.1, -0.05) is 11.6 Å². The minimum atomic E-state index is -0.964. The predicted octanol–water partition coefficient (Wildman–Crippen LogP) is 1.85. The van der Waals surface area contributed by atoms with Gasteiger partial charge in [0.25, 0.3) is 0 Å². The summed E-state index contributed by atoms with van der Waals surface area (Å²) in [6.07, 6.45) is 0. The monoisotopic (exact) mass is 285 g/mol. The molecule has 1 aromatic heterocycles. The quantitative estimate of drug-likeness (QED) is 0.673. The topological polar surface area (TPSA) is 81.2 Å². The van der Waals surface area contributed by atoms with Gasteiger partial charge in [-0.05, 0) is 19.1 Å². The summed E-state index contributed by atoms with van der Waals surface area (Å²) in [5, 5.41) is 2.67. The van der Waals surface area contributed by atoms with E-state index >= 15 is 0 Å². The Morgan fingerprint density at radius 1 is 1.44 bits per heavy atom. The molecule has 0 aliphatic rings. The molecule has 0 saturated heterocycles. The van der Waals surface area contributed by atoms with Crippen molar-refractivity contribution in [2.75, 3.05) is 11.9 Å². The van der Waals surface area contributed by atoms with Crippen molar-refractivity contribution in [1.29, 1.82) is 0 Å². The smallest absolute Gasteiger partial charge is 0.397 e. The Balaban J connectivity index is 2.31. The lowest BCUT2D eigenvalue weighted by Gasteiger charge is -2.06. The molecular weight excluding hydrogens is 278 g/mol. The summed E-state index contributed by atoms with van der Waals surface area (Å²) in [5.41, 5.74) is 1.31. The fourth-order valence-electron chi connectivity index (χ4n) is 1.31. The van der Waals surface area contributed by atoms with Crippen molar-refractivity contribution in [2.24, 2.45) is 0 Å². The number of aromatic nitrogens is 2. The highest BCUT2D eigenvalue weighted by molar-refractivity contribution is 7.00. The molecule has 0 bridgehead atoms. The number of nitrogens with zero attached hydrogens (tertiary/aromatic N) is 2. The first-order chi connectivity index (χ1) is 8.63. The number of carbonyl (C=O) groups is 2. The molecule has 0 aliphatic heterocycles. The van der Waals surface area contributed by atoms with Crippen LogP contribution in [0.4, 0.5) is 5.69 Å². The Kier molecular flexibility index (Phi) is 3.73. The van der Waals surface area contributed by atoms with Crippen LogP contribution >= 0.6 is 23.3 Å². The third-order valence-electron chi connectivity index (χ3n) is 2.08. The van der Waals surface area contributed by atoms with E-state index in [2.05, 4.69) is 18.8 Å². The third-order valence-corrected chi connectivity index (χ3v) is 2.93. The SMILES string of the molecule is CCOC(=O)C(=O)Nc1c(Cl)ccc2nsnc12. The van der Waals surface area contributed by atoms with Crippen LogP contribution in [0.15, 0.2) is 12.1 Å². The first-order valence-corrected chi connectivity index (χ1v) is 6.13. The van der Waals surface area contributed by atoms with Gasteiger partial charge in [-0.3, -0.25) is 4.79 Å². The maximum atomic E-state index is 11.5. The van der Waals surface area contributed by atoms with Crippen molar-refractivity contribution in [3.8, 4) is 0 Å². The summed E-state index contributed by atoms with van der Waals surface area (Å²) in [6, 6.07) is 3.26. The largest absolute Gasteiger partial charge is 0.459 e. The van der Waals surface area contributed by atoms with Gasteiger partial charge in [-0.15, -0.1) is 0 Å². The average molecular weight is 286 g/mol. The summed E-state index contributed by atoms with van der Waals surface area (Å²) in [7, 11) is 0. The van der Waals surface area contributed by atoms with Crippen LogP contribution < -0.4 is 5.32 Å². The van der Waals surface area contributed by atoms with E-state index in [-0.39, 0.29) is 17.3 Å². The second kappa shape index (κ2) is 5.28. The number of nitrogens with one attached hydrogen (secondary N) is 1. The molecule has 8 heteroatoms. The molecule has 2 aromatic rings. The second-order valence-electron chi connectivity index (χ2n) is 3.23. The first kappa shape index (κ1) is 12.7. The van der Waals surface area contributed by atoms with E-state index in [4.69, 9.17) is 11.6 Å².